The van der Waals surface area contributed by atoms with Gasteiger partial charge in [0, 0.05) is 18.3 Å². The van der Waals surface area contributed by atoms with E-state index in [9.17, 15) is 4.79 Å². The summed E-state index contributed by atoms with van der Waals surface area (Å²) in [6.45, 7) is 3.22. The van der Waals surface area contributed by atoms with Gasteiger partial charge in [0.1, 0.15) is 6.04 Å². The van der Waals surface area contributed by atoms with Crippen molar-refractivity contribution in [2.45, 2.75) is 116 Å². The molecule has 0 aliphatic carbocycles. The number of para-hydroxylation sites is 1. The summed E-state index contributed by atoms with van der Waals surface area (Å²) in [7, 11) is 1.87. The Bertz CT molecular complexity index is 586. The Morgan fingerprint density at radius 1 is 0.733 bits per heavy atom. The Morgan fingerprint density at radius 3 is 1.73 bits per heavy atom. The van der Waals surface area contributed by atoms with Gasteiger partial charge in [0.25, 0.3) is 0 Å². The van der Waals surface area contributed by atoms with E-state index in [2.05, 4.69) is 18.3 Å². The third-order valence-corrected chi connectivity index (χ3v) is 6.57. The predicted molar refractivity (Wildman–Crippen MR) is 130 cm³/mol. The molecule has 0 saturated heterocycles. The molecule has 1 atom stereocenters. The van der Waals surface area contributed by atoms with Gasteiger partial charge in [0.15, 0.2) is 0 Å². The molecule has 0 bridgehead atoms. The first-order valence-corrected chi connectivity index (χ1v) is 12.9. The van der Waals surface area contributed by atoms with E-state index in [1.54, 1.807) is 4.90 Å². The highest BCUT2D eigenvalue weighted by molar-refractivity contribution is 6.04. The molecule has 1 heterocycles. The molecule has 0 aromatic heterocycles. The van der Waals surface area contributed by atoms with Crippen LogP contribution in [0.25, 0.3) is 0 Å². The molecule has 1 aromatic carbocycles. The Balaban J connectivity index is 1.36. The molecule has 3 heteroatoms. The number of fused-ring (bicyclic) bond motifs is 1. The van der Waals surface area contributed by atoms with Gasteiger partial charge in [-0.25, -0.2) is 0 Å². The lowest BCUT2D eigenvalue weighted by molar-refractivity contribution is -0.119. The van der Waals surface area contributed by atoms with Crippen LogP contribution < -0.4 is 10.2 Å². The van der Waals surface area contributed by atoms with Crippen molar-refractivity contribution in [1.82, 2.24) is 5.32 Å². The lowest BCUT2D eigenvalue weighted by Crippen LogP contribution is -2.32. The van der Waals surface area contributed by atoms with Crippen LogP contribution in [0.4, 0.5) is 5.69 Å². The summed E-state index contributed by atoms with van der Waals surface area (Å²) in [6.07, 6.45) is 22.2. The number of unbranched alkanes of at least 4 members (excludes halogenated alkanes) is 15. The summed E-state index contributed by atoms with van der Waals surface area (Å²) in [5.74, 6) is 0.174. The van der Waals surface area contributed by atoms with Crippen molar-refractivity contribution >= 4 is 11.6 Å². The Labute approximate surface area is 186 Å². The maximum Gasteiger partial charge on any atom is 0.248 e. The number of rotatable bonds is 18. The SMILES string of the molecule is CCCCCCCCCCCCCCCCCCNC1C(=O)N(C)c2ccccc21. The zero-order valence-corrected chi connectivity index (χ0v) is 19.8. The maximum atomic E-state index is 12.4. The number of carbonyl (C=O) groups excluding carboxylic acids is 1. The topological polar surface area (TPSA) is 32.3 Å². The van der Waals surface area contributed by atoms with Crippen molar-refractivity contribution in [3.8, 4) is 0 Å². The molecule has 1 aliphatic heterocycles. The van der Waals surface area contributed by atoms with Crippen LogP contribution in [0.3, 0.4) is 0 Å². The lowest BCUT2D eigenvalue weighted by Gasteiger charge is -2.13. The number of amides is 1. The fourth-order valence-electron chi connectivity index (χ4n) is 4.60. The quantitative estimate of drug-likeness (QED) is 0.251. The van der Waals surface area contributed by atoms with E-state index in [1.807, 2.05) is 25.2 Å². The summed E-state index contributed by atoms with van der Waals surface area (Å²) < 4.78 is 0. The molecule has 1 amide bonds. The van der Waals surface area contributed by atoms with Gasteiger partial charge in [-0.2, -0.15) is 0 Å². The highest BCUT2D eigenvalue weighted by Gasteiger charge is 2.33. The smallest absolute Gasteiger partial charge is 0.248 e. The molecule has 1 unspecified atom stereocenters. The average molecular weight is 415 g/mol. The van der Waals surface area contributed by atoms with Crippen LogP contribution in [0.15, 0.2) is 24.3 Å². The lowest BCUT2D eigenvalue weighted by atomic mass is 10.0. The predicted octanol–water partition coefficient (Wildman–Crippen LogP) is 7.56. The second kappa shape index (κ2) is 15.5. The first-order valence-electron chi connectivity index (χ1n) is 12.9. The van der Waals surface area contributed by atoms with E-state index < -0.39 is 0 Å². The number of hydrogen-bond donors (Lipinski definition) is 1. The minimum Gasteiger partial charge on any atom is -0.313 e. The van der Waals surface area contributed by atoms with Crippen LogP contribution in [0.1, 0.15) is 121 Å². The molecular formula is C27H46N2O. The first kappa shape index (κ1) is 24.9. The van der Waals surface area contributed by atoms with Gasteiger partial charge < -0.3 is 10.2 Å². The van der Waals surface area contributed by atoms with Crippen molar-refractivity contribution in [3.63, 3.8) is 0 Å². The van der Waals surface area contributed by atoms with E-state index in [-0.39, 0.29) is 11.9 Å². The summed E-state index contributed by atoms with van der Waals surface area (Å²) >= 11 is 0. The van der Waals surface area contributed by atoms with Gasteiger partial charge in [-0.3, -0.25) is 4.79 Å². The van der Waals surface area contributed by atoms with Crippen molar-refractivity contribution < 1.29 is 4.79 Å². The Hall–Kier alpha value is -1.35. The average Bonchev–Trinajstić information content (AvgIpc) is 3.01. The molecular weight excluding hydrogens is 368 g/mol. The standard InChI is InChI=1S/C27H46N2O/c1-3-4-5-6-7-8-9-10-11-12-13-14-15-16-17-20-23-28-26-24-21-18-19-22-25(24)29(2)27(26)30/h18-19,21-22,26,28H,3-17,20,23H2,1-2H3. The maximum absolute atomic E-state index is 12.4. The van der Waals surface area contributed by atoms with Crippen LogP contribution >= 0.6 is 0 Å². The molecule has 170 valence electrons. The molecule has 30 heavy (non-hydrogen) atoms. The molecule has 2 rings (SSSR count). The number of likely N-dealkylation sites (N-methyl/N-ethyl adjacent to an activating group) is 1. The highest BCUT2D eigenvalue weighted by atomic mass is 16.2. The largest absolute Gasteiger partial charge is 0.313 e. The molecule has 0 radical (unpaired) electrons. The molecule has 0 spiro atoms. The van der Waals surface area contributed by atoms with E-state index in [1.165, 1.54) is 96.3 Å². The number of nitrogens with one attached hydrogen (secondary N) is 1. The zero-order chi connectivity index (χ0) is 21.4. The second-order valence-electron chi connectivity index (χ2n) is 9.15. The molecule has 1 aromatic rings. The first-order chi connectivity index (χ1) is 14.8. The van der Waals surface area contributed by atoms with E-state index >= 15 is 0 Å². The van der Waals surface area contributed by atoms with Crippen molar-refractivity contribution in [2.75, 3.05) is 18.5 Å². The van der Waals surface area contributed by atoms with Crippen LogP contribution in [0.5, 0.6) is 0 Å². The molecule has 0 saturated carbocycles. The van der Waals surface area contributed by atoms with Crippen molar-refractivity contribution in [2.24, 2.45) is 0 Å². The normalized spacial score (nSPS) is 15.7. The Morgan fingerprint density at radius 2 is 1.20 bits per heavy atom. The number of nitrogens with zero attached hydrogens (tertiary/aromatic N) is 1. The fraction of sp³-hybridized carbons (Fsp3) is 0.741. The van der Waals surface area contributed by atoms with Crippen molar-refractivity contribution in [1.29, 1.82) is 0 Å². The minimum absolute atomic E-state index is 0.150. The zero-order valence-electron chi connectivity index (χ0n) is 19.8. The van der Waals surface area contributed by atoms with E-state index in [4.69, 9.17) is 0 Å². The van der Waals surface area contributed by atoms with Crippen LogP contribution in [-0.4, -0.2) is 19.5 Å². The molecule has 1 aliphatic rings. The van der Waals surface area contributed by atoms with E-state index in [0.717, 1.165) is 24.2 Å². The van der Waals surface area contributed by atoms with Gasteiger partial charge >= 0.3 is 0 Å². The van der Waals surface area contributed by atoms with Gasteiger partial charge in [0.05, 0.1) is 0 Å². The Kier molecular flexibility index (Phi) is 12.8. The second-order valence-corrected chi connectivity index (χ2v) is 9.15. The fourth-order valence-corrected chi connectivity index (χ4v) is 4.60. The van der Waals surface area contributed by atoms with Gasteiger partial charge in [-0.1, -0.05) is 121 Å². The van der Waals surface area contributed by atoms with Crippen molar-refractivity contribution in [3.05, 3.63) is 29.8 Å². The van der Waals surface area contributed by atoms with Gasteiger partial charge in [-0.15, -0.1) is 0 Å². The number of hydrogen-bond acceptors (Lipinski definition) is 2. The van der Waals surface area contributed by atoms with E-state index in [0.29, 0.717) is 0 Å². The minimum atomic E-state index is -0.150. The third-order valence-electron chi connectivity index (χ3n) is 6.57. The van der Waals surface area contributed by atoms with Crippen LogP contribution in [-0.2, 0) is 4.79 Å². The van der Waals surface area contributed by atoms with Gasteiger partial charge in [-0.05, 0) is 19.0 Å². The number of anilines is 1. The summed E-state index contributed by atoms with van der Waals surface area (Å²) in [4.78, 5) is 14.2. The highest BCUT2D eigenvalue weighted by Crippen LogP contribution is 2.34. The third kappa shape index (κ3) is 8.79. The molecule has 0 fully saturated rings. The van der Waals surface area contributed by atoms with Gasteiger partial charge in [0.2, 0.25) is 5.91 Å². The summed E-state index contributed by atoms with van der Waals surface area (Å²) in [5, 5.41) is 3.48. The molecule has 1 N–H and O–H groups in total. The summed E-state index contributed by atoms with van der Waals surface area (Å²) in [5.41, 5.74) is 2.17. The number of benzene rings is 1. The van der Waals surface area contributed by atoms with Crippen LogP contribution in [0, 0.1) is 0 Å². The number of carbonyl (C=O) groups is 1. The van der Waals surface area contributed by atoms with Crippen LogP contribution in [0.2, 0.25) is 0 Å². The monoisotopic (exact) mass is 414 g/mol. The summed E-state index contributed by atoms with van der Waals surface area (Å²) in [6, 6.07) is 7.98. The molecule has 3 nitrogen and oxygen atoms in total.